The summed E-state index contributed by atoms with van der Waals surface area (Å²) in [6.45, 7) is 1.28. The summed E-state index contributed by atoms with van der Waals surface area (Å²) < 4.78 is 10.1. The van der Waals surface area contributed by atoms with Gasteiger partial charge < -0.3 is 19.9 Å². The highest BCUT2D eigenvalue weighted by Gasteiger charge is 2.19. The van der Waals surface area contributed by atoms with Crippen LogP contribution in [-0.4, -0.2) is 31.2 Å². The molecule has 0 saturated heterocycles. The minimum Gasteiger partial charge on any atom is -0.493 e. The SMILES string of the molecule is COc1ccc(C(=O)O)c(NC(C)=O)c1OC. The Balaban J connectivity index is 3.43. The molecule has 1 rings (SSSR count). The molecule has 0 spiro atoms. The van der Waals surface area contributed by atoms with Gasteiger partial charge in [-0.05, 0) is 12.1 Å². The number of hydrogen-bond donors (Lipinski definition) is 2. The van der Waals surface area contributed by atoms with Gasteiger partial charge in [-0.25, -0.2) is 4.79 Å². The predicted molar refractivity (Wildman–Crippen MR) is 60.8 cm³/mol. The number of anilines is 1. The van der Waals surface area contributed by atoms with Crippen molar-refractivity contribution in [1.82, 2.24) is 0 Å². The van der Waals surface area contributed by atoms with E-state index < -0.39 is 5.97 Å². The van der Waals surface area contributed by atoms with Crippen LogP contribution in [0.3, 0.4) is 0 Å². The van der Waals surface area contributed by atoms with Gasteiger partial charge in [0.25, 0.3) is 0 Å². The van der Waals surface area contributed by atoms with Crippen LogP contribution >= 0.6 is 0 Å². The monoisotopic (exact) mass is 239 g/mol. The van der Waals surface area contributed by atoms with Gasteiger partial charge in [-0.2, -0.15) is 0 Å². The van der Waals surface area contributed by atoms with Crippen molar-refractivity contribution in [1.29, 1.82) is 0 Å². The summed E-state index contributed by atoms with van der Waals surface area (Å²) in [5, 5.41) is 11.4. The molecule has 0 fully saturated rings. The van der Waals surface area contributed by atoms with Crippen LogP contribution < -0.4 is 14.8 Å². The number of hydrogen-bond acceptors (Lipinski definition) is 4. The van der Waals surface area contributed by atoms with Gasteiger partial charge in [-0.1, -0.05) is 0 Å². The van der Waals surface area contributed by atoms with E-state index in [4.69, 9.17) is 14.6 Å². The fourth-order valence-corrected chi connectivity index (χ4v) is 1.41. The predicted octanol–water partition coefficient (Wildman–Crippen LogP) is 1.36. The van der Waals surface area contributed by atoms with Crippen molar-refractivity contribution in [3.8, 4) is 11.5 Å². The fourth-order valence-electron chi connectivity index (χ4n) is 1.41. The molecule has 6 nitrogen and oxygen atoms in total. The Morgan fingerprint density at radius 3 is 2.29 bits per heavy atom. The first-order valence-corrected chi connectivity index (χ1v) is 4.77. The number of carbonyl (C=O) groups is 2. The molecule has 17 heavy (non-hydrogen) atoms. The summed E-state index contributed by atoms with van der Waals surface area (Å²) in [5.74, 6) is -1.02. The molecule has 0 bridgehead atoms. The first kappa shape index (κ1) is 12.8. The quantitative estimate of drug-likeness (QED) is 0.828. The molecule has 0 aliphatic heterocycles. The molecule has 0 radical (unpaired) electrons. The zero-order chi connectivity index (χ0) is 13.0. The second-order valence-electron chi connectivity index (χ2n) is 3.21. The van der Waals surface area contributed by atoms with E-state index in [1.807, 2.05) is 0 Å². The minimum atomic E-state index is -1.16. The van der Waals surface area contributed by atoms with E-state index in [1.54, 1.807) is 0 Å². The zero-order valence-corrected chi connectivity index (χ0v) is 9.73. The molecular formula is C11H13NO5. The number of amides is 1. The fraction of sp³-hybridized carbons (Fsp3) is 0.273. The van der Waals surface area contributed by atoms with Crippen LogP contribution in [0.2, 0.25) is 0 Å². The normalized spacial score (nSPS) is 9.59. The lowest BCUT2D eigenvalue weighted by Gasteiger charge is -2.14. The number of benzene rings is 1. The summed E-state index contributed by atoms with van der Waals surface area (Å²) in [4.78, 5) is 22.1. The van der Waals surface area contributed by atoms with E-state index >= 15 is 0 Å². The number of nitrogens with one attached hydrogen (secondary N) is 1. The third kappa shape index (κ3) is 2.66. The summed E-state index contributed by atoms with van der Waals surface area (Å²) >= 11 is 0. The highest BCUT2D eigenvalue weighted by molar-refractivity contribution is 6.02. The van der Waals surface area contributed by atoms with Crippen LogP contribution in [-0.2, 0) is 4.79 Å². The van der Waals surface area contributed by atoms with Crippen molar-refractivity contribution in [2.45, 2.75) is 6.92 Å². The molecule has 1 amide bonds. The molecule has 0 heterocycles. The molecule has 0 atom stereocenters. The van der Waals surface area contributed by atoms with E-state index in [1.165, 1.54) is 33.3 Å². The summed E-state index contributed by atoms with van der Waals surface area (Å²) in [6, 6.07) is 2.81. The van der Waals surface area contributed by atoms with Gasteiger partial charge in [-0.3, -0.25) is 4.79 Å². The van der Waals surface area contributed by atoms with Crippen molar-refractivity contribution < 1.29 is 24.2 Å². The first-order valence-electron chi connectivity index (χ1n) is 4.77. The van der Waals surface area contributed by atoms with Crippen LogP contribution in [0.15, 0.2) is 12.1 Å². The highest BCUT2D eigenvalue weighted by Crippen LogP contribution is 2.37. The maximum absolute atomic E-state index is 11.1. The third-order valence-electron chi connectivity index (χ3n) is 2.08. The van der Waals surface area contributed by atoms with Gasteiger partial charge in [0, 0.05) is 6.92 Å². The Hall–Kier alpha value is -2.24. The van der Waals surface area contributed by atoms with E-state index in [0.29, 0.717) is 5.75 Å². The molecule has 1 aromatic carbocycles. The lowest BCUT2D eigenvalue weighted by atomic mass is 10.1. The molecule has 2 N–H and O–H groups in total. The minimum absolute atomic E-state index is 0.0575. The van der Waals surface area contributed by atoms with Gasteiger partial charge in [0.1, 0.15) is 5.69 Å². The van der Waals surface area contributed by atoms with Crippen LogP contribution in [0.1, 0.15) is 17.3 Å². The maximum atomic E-state index is 11.1. The molecule has 6 heteroatoms. The van der Waals surface area contributed by atoms with Gasteiger partial charge in [0.05, 0.1) is 19.8 Å². The lowest BCUT2D eigenvalue weighted by Crippen LogP contribution is -2.12. The Morgan fingerprint density at radius 2 is 1.88 bits per heavy atom. The summed E-state index contributed by atoms with van der Waals surface area (Å²) in [5.41, 5.74) is 0.0321. The number of carboxylic acids is 1. The van der Waals surface area contributed by atoms with Crippen LogP contribution in [0, 0.1) is 0 Å². The van der Waals surface area contributed by atoms with Gasteiger partial charge >= 0.3 is 5.97 Å². The van der Waals surface area contributed by atoms with Gasteiger partial charge in [-0.15, -0.1) is 0 Å². The van der Waals surface area contributed by atoms with Crippen molar-refractivity contribution in [2.24, 2.45) is 0 Å². The van der Waals surface area contributed by atoms with Crippen LogP contribution in [0.25, 0.3) is 0 Å². The molecule has 1 aromatic rings. The molecule has 92 valence electrons. The number of aromatic carboxylic acids is 1. The van der Waals surface area contributed by atoms with Crippen molar-refractivity contribution >= 4 is 17.6 Å². The van der Waals surface area contributed by atoms with E-state index in [-0.39, 0.29) is 22.9 Å². The van der Waals surface area contributed by atoms with E-state index in [9.17, 15) is 9.59 Å². The van der Waals surface area contributed by atoms with E-state index in [2.05, 4.69) is 5.32 Å². The largest absolute Gasteiger partial charge is 0.493 e. The molecule has 0 unspecified atom stereocenters. The molecule has 0 aromatic heterocycles. The van der Waals surface area contributed by atoms with E-state index in [0.717, 1.165) is 0 Å². The highest BCUT2D eigenvalue weighted by atomic mass is 16.5. The number of methoxy groups -OCH3 is 2. The first-order chi connectivity index (χ1) is 8.01. The molecule has 0 aliphatic carbocycles. The number of carboxylic acid groups (broad SMARTS) is 1. The second-order valence-corrected chi connectivity index (χ2v) is 3.21. The number of carbonyl (C=O) groups excluding carboxylic acids is 1. The summed E-state index contributed by atoms with van der Waals surface area (Å²) in [7, 11) is 2.80. The standard InChI is InChI=1S/C11H13NO5/c1-6(13)12-9-7(11(14)15)4-5-8(16-2)10(9)17-3/h4-5H,1-3H3,(H,12,13)(H,14,15). The third-order valence-corrected chi connectivity index (χ3v) is 2.08. The average Bonchev–Trinajstić information content (AvgIpc) is 2.27. The Morgan fingerprint density at radius 1 is 1.24 bits per heavy atom. The average molecular weight is 239 g/mol. The number of ether oxygens (including phenoxy) is 2. The number of rotatable bonds is 4. The smallest absolute Gasteiger partial charge is 0.337 e. The van der Waals surface area contributed by atoms with Crippen molar-refractivity contribution in [3.63, 3.8) is 0 Å². The Kier molecular flexibility index (Phi) is 3.92. The molecule has 0 saturated carbocycles. The molecule has 0 aliphatic rings. The maximum Gasteiger partial charge on any atom is 0.337 e. The van der Waals surface area contributed by atoms with Crippen molar-refractivity contribution in [3.05, 3.63) is 17.7 Å². The Labute approximate surface area is 98.2 Å². The molecular weight excluding hydrogens is 226 g/mol. The van der Waals surface area contributed by atoms with Crippen molar-refractivity contribution in [2.75, 3.05) is 19.5 Å². The van der Waals surface area contributed by atoms with Gasteiger partial charge in [0.15, 0.2) is 11.5 Å². The topological polar surface area (TPSA) is 84.9 Å². The van der Waals surface area contributed by atoms with Gasteiger partial charge in [0.2, 0.25) is 5.91 Å². The van der Waals surface area contributed by atoms with Crippen LogP contribution in [0.5, 0.6) is 11.5 Å². The summed E-state index contributed by atoms with van der Waals surface area (Å²) in [6.07, 6.45) is 0. The van der Waals surface area contributed by atoms with Crippen LogP contribution in [0.4, 0.5) is 5.69 Å². The second kappa shape index (κ2) is 5.20. The lowest BCUT2D eigenvalue weighted by molar-refractivity contribution is -0.114. The zero-order valence-electron chi connectivity index (χ0n) is 9.73. The Bertz CT molecular complexity index is 455.